The topological polar surface area (TPSA) is 48.8 Å². The zero-order valence-corrected chi connectivity index (χ0v) is 20.5. The molecular weight excluding hydrogens is 432 g/mol. The Kier molecular flexibility index (Phi) is 5.91. The first-order chi connectivity index (χ1) is 15.9. The average Bonchev–Trinajstić information content (AvgIpc) is 3.41. The van der Waals surface area contributed by atoms with Gasteiger partial charge in [-0.05, 0) is 61.9 Å². The number of piperazine rings is 1. The Hall–Kier alpha value is -2.80. The standard InChI is InChI=1S/C26H32N4O2S/c1-18-5-4-6-21(15-18)30-13-12-29(17-19(30)2)25(31)20-7-10-28(11-8-20)26(32)23-16-24-22(27(23)3)9-14-33-24/h4-6,9,14-16,19-20H,7-8,10-13,17H2,1-3H3. The molecule has 2 aliphatic heterocycles. The van der Waals surface area contributed by atoms with Crippen LogP contribution in [0.2, 0.25) is 0 Å². The highest BCUT2D eigenvalue weighted by Crippen LogP contribution is 2.28. The Morgan fingerprint density at radius 1 is 1.00 bits per heavy atom. The number of hydrogen-bond donors (Lipinski definition) is 0. The van der Waals surface area contributed by atoms with Gasteiger partial charge in [-0.25, -0.2) is 0 Å². The van der Waals surface area contributed by atoms with Gasteiger partial charge in [-0.2, -0.15) is 0 Å². The summed E-state index contributed by atoms with van der Waals surface area (Å²) in [6, 6.07) is 12.9. The fraction of sp³-hybridized carbons (Fsp3) is 0.462. The third-order valence-corrected chi connectivity index (χ3v) is 8.14. The minimum Gasteiger partial charge on any atom is -0.365 e. The van der Waals surface area contributed by atoms with Crippen LogP contribution in [0.25, 0.3) is 10.2 Å². The summed E-state index contributed by atoms with van der Waals surface area (Å²) in [6.07, 6.45) is 1.49. The quantitative estimate of drug-likeness (QED) is 0.585. The summed E-state index contributed by atoms with van der Waals surface area (Å²) in [5.41, 5.74) is 4.34. The molecule has 1 aromatic carbocycles. The molecule has 0 radical (unpaired) electrons. The van der Waals surface area contributed by atoms with Gasteiger partial charge in [-0.3, -0.25) is 9.59 Å². The Morgan fingerprint density at radius 3 is 2.48 bits per heavy atom. The summed E-state index contributed by atoms with van der Waals surface area (Å²) in [5, 5.41) is 2.05. The number of carbonyl (C=O) groups is 2. The molecule has 1 unspecified atom stereocenters. The van der Waals surface area contributed by atoms with E-state index in [1.807, 2.05) is 27.5 Å². The van der Waals surface area contributed by atoms with Crippen LogP contribution in [-0.4, -0.2) is 64.9 Å². The Labute approximate surface area is 199 Å². The third kappa shape index (κ3) is 4.14. The molecule has 0 saturated carbocycles. The summed E-state index contributed by atoms with van der Waals surface area (Å²) in [4.78, 5) is 32.8. The van der Waals surface area contributed by atoms with Crippen molar-refractivity contribution in [2.24, 2.45) is 13.0 Å². The van der Waals surface area contributed by atoms with E-state index in [0.29, 0.717) is 13.1 Å². The van der Waals surface area contributed by atoms with E-state index in [1.54, 1.807) is 11.3 Å². The molecule has 4 heterocycles. The number of aromatic nitrogens is 1. The average molecular weight is 465 g/mol. The molecule has 2 saturated heterocycles. The van der Waals surface area contributed by atoms with E-state index in [-0.39, 0.29) is 23.8 Å². The number of fused-ring (bicyclic) bond motifs is 1. The number of nitrogens with zero attached hydrogens (tertiary/aromatic N) is 4. The zero-order valence-electron chi connectivity index (χ0n) is 19.7. The molecule has 0 N–H and O–H groups in total. The number of carbonyl (C=O) groups excluding carboxylic acids is 2. The summed E-state index contributed by atoms with van der Waals surface area (Å²) < 4.78 is 3.13. The van der Waals surface area contributed by atoms with Crippen LogP contribution in [0, 0.1) is 12.8 Å². The lowest BCUT2D eigenvalue weighted by Crippen LogP contribution is -2.55. The molecule has 0 aliphatic carbocycles. The highest BCUT2D eigenvalue weighted by Gasteiger charge is 2.34. The second-order valence-electron chi connectivity index (χ2n) is 9.49. The smallest absolute Gasteiger partial charge is 0.270 e. The van der Waals surface area contributed by atoms with Crippen molar-refractivity contribution in [1.82, 2.24) is 14.4 Å². The van der Waals surface area contributed by atoms with Crippen molar-refractivity contribution in [3.8, 4) is 0 Å². The van der Waals surface area contributed by atoms with Gasteiger partial charge in [-0.15, -0.1) is 11.3 Å². The molecule has 6 nitrogen and oxygen atoms in total. The molecule has 7 heteroatoms. The van der Waals surface area contributed by atoms with Gasteiger partial charge in [0.1, 0.15) is 5.69 Å². The summed E-state index contributed by atoms with van der Waals surface area (Å²) in [6.45, 7) is 7.99. The van der Waals surface area contributed by atoms with Crippen LogP contribution in [-0.2, 0) is 11.8 Å². The predicted octanol–water partition coefficient (Wildman–Crippen LogP) is 4.14. The fourth-order valence-corrected chi connectivity index (χ4v) is 6.20. The van der Waals surface area contributed by atoms with Gasteiger partial charge in [-0.1, -0.05) is 12.1 Å². The van der Waals surface area contributed by atoms with Crippen LogP contribution < -0.4 is 4.90 Å². The van der Waals surface area contributed by atoms with E-state index in [0.717, 1.165) is 48.4 Å². The van der Waals surface area contributed by atoms with Crippen LogP contribution in [0.4, 0.5) is 5.69 Å². The number of anilines is 1. The second-order valence-corrected chi connectivity index (χ2v) is 10.4. The van der Waals surface area contributed by atoms with Crippen molar-refractivity contribution >= 4 is 39.1 Å². The van der Waals surface area contributed by atoms with E-state index in [2.05, 4.69) is 54.5 Å². The molecular formula is C26H32N4O2S. The molecule has 2 aliphatic rings. The predicted molar refractivity (Wildman–Crippen MR) is 134 cm³/mol. The minimum absolute atomic E-state index is 0.0173. The second kappa shape index (κ2) is 8.86. The maximum atomic E-state index is 13.3. The number of piperidine rings is 1. The largest absolute Gasteiger partial charge is 0.365 e. The van der Waals surface area contributed by atoms with Crippen LogP contribution in [0.1, 0.15) is 35.8 Å². The summed E-state index contributed by atoms with van der Waals surface area (Å²) in [5.74, 6) is 0.355. The molecule has 0 bridgehead atoms. The molecule has 1 atom stereocenters. The number of likely N-dealkylation sites (tertiary alicyclic amines) is 1. The van der Waals surface area contributed by atoms with Crippen molar-refractivity contribution in [2.75, 3.05) is 37.6 Å². The molecule has 5 rings (SSSR count). The van der Waals surface area contributed by atoms with Crippen molar-refractivity contribution < 1.29 is 9.59 Å². The molecule has 2 fully saturated rings. The van der Waals surface area contributed by atoms with E-state index in [4.69, 9.17) is 0 Å². The highest BCUT2D eigenvalue weighted by molar-refractivity contribution is 7.17. The summed E-state index contributed by atoms with van der Waals surface area (Å²) >= 11 is 1.66. The lowest BCUT2D eigenvalue weighted by atomic mass is 9.94. The molecule has 2 aromatic heterocycles. The zero-order chi connectivity index (χ0) is 23.1. The van der Waals surface area contributed by atoms with E-state index < -0.39 is 0 Å². The van der Waals surface area contributed by atoms with Gasteiger partial charge in [0.05, 0.1) is 10.2 Å². The number of amides is 2. The first-order valence-corrected chi connectivity index (χ1v) is 12.7. The van der Waals surface area contributed by atoms with Gasteiger partial charge in [0.15, 0.2) is 0 Å². The van der Waals surface area contributed by atoms with Crippen molar-refractivity contribution in [2.45, 2.75) is 32.7 Å². The van der Waals surface area contributed by atoms with Crippen molar-refractivity contribution in [3.05, 3.63) is 53.0 Å². The van der Waals surface area contributed by atoms with E-state index in [1.165, 1.54) is 11.3 Å². The first-order valence-electron chi connectivity index (χ1n) is 11.9. The SMILES string of the molecule is Cc1cccc(N2CCN(C(=O)C3CCN(C(=O)c4cc5sccc5n4C)CC3)CC2C)c1. The lowest BCUT2D eigenvalue weighted by molar-refractivity contribution is -0.137. The summed E-state index contributed by atoms with van der Waals surface area (Å²) in [7, 11) is 1.95. The Balaban J connectivity index is 1.17. The molecule has 0 spiro atoms. The third-order valence-electron chi connectivity index (χ3n) is 7.29. The monoisotopic (exact) mass is 464 g/mol. The normalized spacial score (nSPS) is 20.0. The molecule has 2 amide bonds. The van der Waals surface area contributed by atoms with E-state index >= 15 is 0 Å². The van der Waals surface area contributed by atoms with Crippen LogP contribution in [0.3, 0.4) is 0 Å². The Morgan fingerprint density at radius 2 is 1.79 bits per heavy atom. The maximum absolute atomic E-state index is 13.3. The number of rotatable bonds is 3. The van der Waals surface area contributed by atoms with Gasteiger partial charge >= 0.3 is 0 Å². The van der Waals surface area contributed by atoms with Crippen molar-refractivity contribution in [1.29, 1.82) is 0 Å². The van der Waals surface area contributed by atoms with Gasteiger partial charge in [0, 0.05) is 57.4 Å². The fourth-order valence-electron chi connectivity index (χ4n) is 5.35. The minimum atomic E-state index is 0.0173. The van der Waals surface area contributed by atoms with E-state index in [9.17, 15) is 9.59 Å². The molecule has 3 aromatic rings. The van der Waals surface area contributed by atoms with Crippen LogP contribution in [0.15, 0.2) is 41.8 Å². The Bertz CT molecular complexity index is 1170. The van der Waals surface area contributed by atoms with Gasteiger partial charge in [0.25, 0.3) is 5.91 Å². The van der Waals surface area contributed by atoms with Crippen LogP contribution in [0.5, 0.6) is 0 Å². The van der Waals surface area contributed by atoms with Crippen LogP contribution >= 0.6 is 11.3 Å². The van der Waals surface area contributed by atoms with Gasteiger partial charge in [0.2, 0.25) is 5.91 Å². The highest BCUT2D eigenvalue weighted by atomic mass is 32.1. The number of thiophene rings is 1. The maximum Gasteiger partial charge on any atom is 0.270 e. The lowest BCUT2D eigenvalue weighted by Gasteiger charge is -2.43. The molecule has 174 valence electrons. The number of aryl methyl sites for hydroxylation is 2. The number of hydrogen-bond acceptors (Lipinski definition) is 4. The van der Waals surface area contributed by atoms with Gasteiger partial charge < -0.3 is 19.3 Å². The number of benzene rings is 1. The van der Waals surface area contributed by atoms with Crippen molar-refractivity contribution in [3.63, 3.8) is 0 Å². The first kappa shape index (κ1) is 22.0. The molecule has 33 heavy (non-hydrogen) atoms.